The summed E-state index contributed by atoms with van der Waals surface area (Å²) < 4.78 is 5.49. The van der Waals surface area contributed by atoms with Crippen molar-refractivity contribution in [2.24, 2.45) is 11.3 Å². The van der Waals surface area contributed by atoms with Crippen molar-refractivity contribution in [3.05, 3.63) is 34.9 Å². The Kier molecular flexibility index (Phi) is 4.78. The van der Waals surface area contributed by atoms with E-state index in [0.29, 0.717) is 12.0 Å². The Morgan fingerprint density at radius 1 is 1.21 bits per heavy atom. The second-order valence-corrected chi connectivity index (χ2v) is 9.75. The number of benzene rings is 1. The molecule has 3 aliphatic rings. The lowest BCUT2D eigenvalue weighted by Gasteiger charge is -2.61. The Morgan fingerprint density at radius 3 is 2.57 bits per heavy atom. The zero-order valence-corrected chi connectivity index (χ0v) is 17.6. The van der Waals surface area contributed by atoms with Crippen LogP contribution in [0.15, 0.2) is 18.2 Å². The highest BCUT2D eigenvalue weighted by atomic mass is 16.5. The lowest BCUT2D eigenvalue weighted by Crippen LogP contribution is -2.65. The van der Waals surface area contributed by atoms with Gasteiger partial charge in [-0.05, 0) is 67.2 Å². The molecule has 28 heavy (non-hydrogen) atoms. The molecule has 0 spiro atoms. The lowest BCUT2D eigenvalue weighted by atomic mass is 9.51. The highest BCUT2D eigenvalue weighted by Crippen LogP contribution is 2.56. The molecule has 0 unspecified atom stereocenters. The van der Waals surface area contributed by atoms with Crippen molar-refractivity contribution < 1.29 is 9.53 Å². The molecule has 1 heterocycles. The maximum Gasteiger partial charge on any atom is 0.225 e. The number of piperidine rings is 1. The monoisotopic (exact) mass is 380 g/mol. The van der Waals surface area contributed by atoms with Gasteiger partial charge in [-0.1, -0.05) is 26.8 Å². The van der Waals surface area contributed by atoms with Gasteiger partial charge in [-0.3, -0.25) is 4.79 Å². The average molecular weight is 381 g/mol. The van der Waals surface area contributed by atoms with E-state index in [9.17, 15) is 10.1 Å². The number of hydrogen-bond donors (Lipinski definition) is 0. The number of likely N-dealkylation sites (tertiary alicyclic amines) is 1. The molecular weight excluding hydrogens is 348 g/mol. The molecule has 2 bridgehead atoms. The number of nitriles is 1. The highest BCUT2D eigenvalue weighted by Gasteiger charge is 2.57. The van der Waals surface area contributed by atoms with E-state index in [1.54, 1.807) is 7.11 Å². The Bertz CT molecular complexity index is 816. The van der Waals surface area contributed by atoms with Crippen LogP contribution in [0.25, 0.3) is 0 Å². The third kappa shape index (κ3) is 2.78. The van der Waals surface area contributed by atoms with E-state index in [1.165, 1.54) is 11.1 Å². The van der Waals surface area contributed by atoms with E-state index in [4.69, 9.17) is 4.74 Å². The van der Waals surface area contributed by atoms with Crippen LogP contribution in [-0.4, -0.2) is 36.6 Å². The lowest BCUT2D eigenvalue weighted by molar-refractivity contribution is -0.150. The van der Waals surface area contributed by atoms with E-state index in [0.717, 1.165) is 50.6 Å². The number of methoxy groups -OCH3 is 1. The van der Waals surface area contributed by atoms with Crippen LogP contribution >= 0.6 is 0 Å². The summed E-state index contributed by atoms with van der Waals surface area (Å²) in [4.78, 5) is 15.7. The molecule has 1 aliphatic heterocycles. The summed E-state index contributed by atoms with van der Waals surface area (Å²) in [5.41, 5.74) is 3.39. The maximum atomic E-state index is 13.5. The van der Waals surface area contributed by atoms with Gasteiger partial charge < -0.3 is 9.64 Å². The molecule has 1 aromatic carbocycles. The van der Waals surface area contributed by atoms with E-state index in [1.807, 2.05) is 12.1 Å². The fourth-order valence-corrected chi connectivity index (χ4v) is 6.05. The predicted octanol–water partition coefficient (Wildman–Crippen LogP) is 4.20. The average Bonchev–Trinajstić information content (AvgIpc) is 2.70. The molecule has 2 aliphatic carbocycles. The number of rotatable bonds is 2. The largest absolute Gasteiger partial charge is 0.381 e. The molecule has 1 aromatic rings. The number of carbonyl (C=O) groups is 1. The fourth-order valence-electron chi connectivity index (χ4n) is 6.05. The van der Waals surface area contributed by atoms with Crippen molar-refractivity contribution in [1.29, 1.82) is 5.26 Å². The topological polar surface area (TPSA) is 53.3 Å². The summed E-state index contributed by atoms with van der Waals surface area (Å²) in [5.74, 6) is 0.480. The van der Waals surface area contributed by atoms with Crippen molar-refractivity contribution in [1.82, 2.24) is 4.90 Å². The molecular formula is C24H32N2O2. The van der Waals surface area contributed by atoms with Crippen molar-refractivity contribution in [3.8, 4) is 6.07 Å². The molecule has 150 valence electrons. The predicted molar refractivity (Wildman–Crippen MR) is 109 cm³/mol. The maximum absolute atomic E-state index is 13.5. The number of ether oxygens (including phenoxy) is 1. The molecule has 4 nitrogen and oxygen atoms in total. The molecule has 0 N–H and O–H groups in total. The van der Waals surface area contributed by atoms with Crippen molar-refractivity contribution in [2.75, 3.05) is 13.7 Å². The summed E-state index contributed by atoms with van der Waals surface area (Å²) in [6.45, 7) is 7.86. The second-order valence-electron chi connectivity index (χ2n) is 9.75. The van der Waals surface area contributed by atoms with E-state index in [2.05, 4.69) is 37.8 Å². The van der Waals surface area contributed by atoms with Crippen LogP contribution in [-0.2, 0) is 21.4 Å². The summed E-state index contributed by atoms with van der Waals surface area (Å²) in [6.07, 6.45) is 6.00. The Balaban J connectivity index is 1.64. The smallest absolute Gasteiger partial charge is 0.225 e. The van der Waals surface area contributed by atoms with Crippen molar-refractivity contribution >= 4 is 5.91 Å². The van der Waals surface area contributed by atoms with Crippen LogP contribution in [0.3, 0.4) is 0 Å². The number of fused-ring (bicyclic) bond motifs is 4. The zero-order chi connectivity index (χ0) is 20.1. The number of amides is 1. The van der Waals surface area contributed by atoms with Crippen LogP contribution in [0.1, 0.15) is 69.6 Å². The van der Waals surface area contributed by atoms with Gasteiger partial charge in [0.2, 0.25) is 5.91 Å². The Hall–Kier alpha value is -1.86. The van der Waals surface area contributed by atoms with E-state index < -0.39 is 0 Å². The van der Waals surface area contributed by atoms with Gasteiger partial charge in [-0.25, -0.2) is 0 Å². The summed E-state index contributed by atoms with van der Waals surface area (Å²) in [6, 6.07) is 8.64. The van der Waals surface area contributed by atoms with Crippen LogP contribution in [0.5, 0.6) is 0 Å². The minimum atomic E-state index is 0.00576. The quantitative estimate of drug-likeness (QED) is 0.772. The first-order chi connectivity index (χ1) is 13.3. The Labute approximate surface area is 168 Å². The van der Waals surface area contributed by atoms with Crippen LogP contribution in [0, 0.1) is 22.7 Å². The number of nitrogens with zero attached hydrogens (tertiary/aromatic N) is 2. The molecule has 1 saturated heterocycles. The van der Waals surface area contributed by atoms with Crippen LogP contribution < -0.4 is 0 Å². The van der Waals surface area contributed by atoms with Gasteiger partial charge in [-0.2, -0.15) is 5.26 Å². The SMILES string of the molecule is COC1CCC(C(=O)N2CC[C@@]3(C)c4ccc(C#N)cc4C[C@@H]2C3(C)C)CC1. The molecule has 4 heteroatoms. The molecule has 1 amide bonds. The van der Waals surface area contributed by atoms with Gasteiger partial charge in [-0.15, -0.1) is 0 Å². The number of hydrogen-bond acceptors (Lipinski definition) is 3. The first kappa shape index (κ1) is 19.5. The third-order valence-electron chi connectivity index (χ3n) is 8.37. The van der Waals surface area contributed by atoms with Crippen LogP contribution in [0.4, 0.5) is 0 Å². The summed E-state index contributed by atoms with van der Waals surface area (Å²) in [7, 11) is 1.77. The molecule has 4 rings (SSSR count). The van der Waals surface area contributed by atoms with Gasteiger partial charge in [0.25, 0.3) is 0 Å². The Morgan fingerprint density at radius 2 is 1.93 bits per heavy atom. The van der Waals surface area contributed by atoms with Gasteiger partial charge >= 0.3 is 0 Å². The first-order valence-electron chi connectivity index (χ1n) is 10.7. The zero-order valence-electron chi connectivity index (χ0n) is 17.6. The van der Waals surface area contributed by atoms with Crippen molar-refractivity contribution in [3.63, 3.8) is 0 Å². The van der Waals surface area contributed by atoms with Gasteiger partial charge in [0.05, 0.1) is 17.7 Å². The van der Waals surface area contributed by atoms with E-state index >= 15 is 0 Å². The molecule has 0 aromatic heterocycles. The number of carbonyl (C=O) groups excluding carboxylic acids is 1. The van der Waals surface area contributed by atoms with Gasteiger partial charge in [0.15, 0.2) is 0 Å². The normalized spacial score (nSPS) is 33.7. The molecule has 1 saturated carbocycles. The summed E-state index contributed by atoms with van der Waals surface area (Å²) >= 11 is 0. The standard InChI is InChI=1S/C24H32N2O2/c1-23(2)21-14-18-13-16(15-25)5-10-20(18)24(23,3)11-12-26(21)22(27)17-6-8-19(28-4)9-7-17/h5,10,13,17,19,21H,6-9,11-12,14H2,1-4H3/t17?,19?,21-,24+/m1/s1. The van der Waals surface area contributed by atoms with Gasteiger partial charge in [0.1, 0.15) is 0 Å². The first-order valence-corrected chi connectivity index (χ1v) is 10.7. The van der Waals surface area contributed by atoms with Gasteiger partial charge in [0, 0.05) is 31.0 Å². The molecule has 2 fully saturated rings. The second kappa shape index (κ2) is 6.88. The molecule has 2 atom stereocenters. The van der Waals surface area contributed by atoms with E-state index in [-0.39, 0.29) is 22.8 Å². The minimum Gasteiger partial charge on any atom is -0.381 e. The third-order valence-corrected chi connectivity index (χ3v) is 8.37. The molecule has 0 radical (unpaired) electrons. The highest BCUT2D eigenvalue weighted by molar-refractivity contribution is 5.80. The van der Waals surface area contributed by atoms with Crippen LogP contribution in [0.2, 0.25) is 0 Å². The van der Waals surface area contributed by atoms with Crippen molar-refractivity contribution in [2.45, 2.75) is 76.9 Å². The summed E-state index contributed by atoms with van der Waals surface area (Å²) in [5, 5.41) is 9.34. The minimum absolute atomic E-state index is 0.00576. The fraction of sp³-hybridized carbons (Fsp3) is 0.667.